The van der Waals surface area contributed by atoms with Gasteiger partial charge in [0, 0.05) is 13.7 Å². The summed E-state index contributed by atoms with van der Waals surface area (Å²) in [5, 5.41) is 7.64. The second kappa shape index (κ2) is 8.08. The third-order valence-corrected chi connectivity index (χ3v) is 4.35. The fourth-order valence-corrected chi connectivity index (χ4v) is 3.60. The SMILES string of the molecule is COCCNC(=O)COc1c(Br)cc(S(N)(=O)=O)cc1Br. The smallest absolute Gasteiger partial charge is 0.258 e. The van der Waals surface area contributed by atoms with Gasteiger partial charge >= 0.3 is 0 Å². The summed E-state index contributed by atoms with van der Waals surface area (Å²) in [6.45, 7) is 0.573. The molecular weight excluding hydrogens is 432 g/mol. The molecule has 3 N–H and O–H groups in total. The van der Waals surface area contributed by atoms with Gasteiger partial charge in [0.05, 0.1) is 20.4 Å². The Balaban J connectivity index is 2.75. The van der Waals surface area contributed by atoms with Crippen molar-refractivity contribution in [3.8, 4) is 5.75 Å². The first-order chi connectivity index (χ1) is 9.75. The zero-order valence-corrected chi connectivity index (χ0v) is 15.0. The predicted octanol–water partition coefficient (Wildman–Crippen LogP) is 1.00. The van der Waals surface area contributed by atoms with Crippen LogP contribution in [0, 0.1) is 0 Å². The first-order valence-electron chi connectivity index (χ1n) is 5.66. The number of primary sulfonamides is 1. The Morgan fingerprint density at radius 3 is 2.38 bits per heavy atom. The van der Waals surface area contributed by atoms with Gasteiger partial charge in [-0.25, -0.2) is 13.6 Å². The lowest BCUT2D eigenvalue weighted by Gasteiger charge is -2.11. The highest BCUT2D eigenvalue weighted by molar-refractivity contribution is 9.11. The summed E-state index contributed by atoms with van der Waals surface area (Å²) in [5.41, 5.74) is 0. The van der Waals surface area contributed by atoms with E-state index in [0.29, 0.717) is 27.8 Å². The Morgan fingerprint density at radius 1 is 1.33 bits per heavy atom. The summed E-state index contributed by atoms with van der Waals surface area (Å²) in [7, 11) is -2.29. The van der Waals surface area contributed by atoms with Crippen molar-refractivity contribution in [2.75, 3.05) is 26.9 Å². The van der Waals surface area contributed by atoms with Gasteiger partial charge in [-0.1, -0.05) is 0 Å². The van der Waals surface area contributed by atoms with Crippen molar-refractivity contribution in [2.45, 2.75) is 4.90 Å². The molecule has 0 atom stereocenters. The third-order valence-electron chi connectivity index (χ3n) is 2.28. The molecule has 7 nitrogen and oxygen atoms in total. The lowest BCUT2D eigenvalue weighted by Crippen LogP contribution is -2.31. The highest BCUT2D eigenvalue weighted by Crippen LogP contribution is 2.35. The molecule has 1 aromatic carbocycles. The Kier molecular flexibility index (Phi) is 7.07. The van der Waals surface area contributed by atoms with E-state index in [1.54, 1.807) is 0 Å². The summed E-state index contributed by atoms with van der Waals surface area (Å²) >= 11 is 6.36. The Bertz CT molecular complexity index is 598. The zero-order chi connectivity index (χ0) is 16.0. The van der Waals surface area contributed by atoms with Crippen LogP contribution in [0.1, 0.15) is 0 Å². The van der Waals surface area contributed by atoms with E-state index in [1.807, 2.05) is 0 Å². The molecule has 0 fully saturated rings. The normalized spacial score (nSPS) is 11.2. The van der Waals surface area contributed by atoms with E-state index in [2.05, 4.69) is 37.2 Å². The van der Waals surface area contributed by atoms with Gasteiger partial charge in [0.25, 0.3) is 5.91 Å². The molecular formula is C11H14Br2N2O5S. The molecule has 0 aliphatic heterocycles. The largest absolute Gasteiger partial charge is 0.481 e. The van der Waals surface area contributed by atoms with Crippen LogP contribution >= 0.6 is 31.9 Å². The van der Waals surface area contributed by atoms with E-state index in [4.69, 9.17) is 14.6 Å². The molecule has 1 amide bonds. The number of carbonyl (C=O) groups is 1. The lowest BCUT2D eigenvalue weighted by atomic mass is 10.3. The predicted molar refractivity (Wildman–Crippen MR) is 83.6 cm³/mol. The van der Waals surface area contributed by atoms with Crippen LogP contribution in [-0.2, 0) is 19.6 Å². The van der Waals surface area contributed by atoms with Crippen molar-refractivity contribution < 1.29 is 22.7 Å². The second-order valence-corrected chi connectivity index (χ2v) is 7.16. The zero-order valence-electron chi connectivity index (χ0n) is 11.1. The Hall–Kier alpha value is -0.680. The molecule has 0 bridgehead atoms. The molecule has 21 heavy (non-hydrogen) atoms. The van der Waals surface area contributed by atoms with Gasteiger partial charge in [0.15, 0.2) is 6.61 Å². The lowest BCUT2D eigenvalue weighted by molar-refractivity contribution is -0.123. The number of sulfonamides is 1. The van der Waals surface area contributed by atoms with Crippen molar-refractivity contribution in [2.24, 2.45) is 5.14 Å². The van der Waals surface area contributed by atoms with E-state index in [1.165, 1.54) is 19.2 Å². The van der Waals surface area contributed by atoms with Crippen LogP contribution < -0.4 is 15.2 Å². The van der Waals surface area contributed by atoms with Crippen LogP contribution in [0.2, 0.25) is 0 Å². The third kappa shape index (κ3) is 5.91. The molecule has 0 radical (unpaired) electrons. The van der Waals surface area contributed by atoms with Crippen LogP contribution in [0.25, 0.3) is 0 Å². The first kappa shape index (κ1) is 18.4. The number of carbonyl (C=O) groups excluding carboxylic acids is 1. The fraction of sp³-hybridized carbons (Fsp3) is 0.364. The maximum absolute atomic E-state index is 11.5. The van der Waals surface area contributed by atoms with Gasteiger partial charge in [-0.05, 0) is 44.0 Å². The molecule has 1 aromatic rings. The number of nitrogens with one attached hydrogen (secondary N) is 1. The number of ether oxygens (including phenoxy) is 2. The minimum absolute atomic E-state index is 0.0712. The van der Waals surface area contributed by atoms with Gasteiger partial charge < -0.3 is 14.8 Å². The van der Waals surface area contributed by atoms with Gasteiger partial charge in [-0.15, -0.1) is 0 Å². The van der Waals surface area contributed by atoms with Crippen molar-refractivity contribution in [1.29, 1.82) is 0 Å². The van der Waals surface area contributed by atoms with Crippen LogP contribution in [0.4, 0.5) is 0 Å². The molecule has 0 spiro atoms. The van der Waals surface area contributed by atoms with E-state index in [0.717, 1.165) is 0 Å². The Morgan fingerprint density at radius 2 is 1.90 bits per heavy atom. The molecule has 0 aromatic heterocycles. The van der Waals surface area contributed by atoms with Crippen molar-refractivity contribution in [3.05, 3.63) is 21.1 Å². The van der Waals surface area contributed by atoms with E-state index >= 15 is 0 Å². The van der Waals surface area contributed by atoms with Crippen LogP contribution in [0.3, 0.4) is 0 Å². The maximum Gasteiger partial charge on any atom is 0.258 e. The minimum Gasteiger partial charge on any atom is -0.481 e. The molecule has 1 rings (SSSR count). The van der Waals surface area contributed by atoms with Gasteiger partial charge in [0.1, 0.15) is 5.75 Å². The van der Waals surface area contributed by atoms with Crippen LogP contribution in [0.5, 0.6) is 5.75 Å². The topological polar surface area (TPSA) is 108 Å². The van der Waals surface area contributed by atoms with Gasteiger partial charge in [-0.2, -0.15) is 0 Å². The van der Waals surface area contributed by atoms with Crippen LogP contribution in [0.15, 0.2) is 26.0 Å². The number of methoxy groups -OCH3 is 1. The second-order valence-electron chi connectivity index (χ2n) is 3.89. The quantitative estimate of drug-likeness (QED) is 0.608. The number of hydrogen-bond donors (Lipinski definition) is 2. The summed E-state index contributed by atoms with van der Waals surface area (Å²) in [4.78, 5) is 11.4. The summed E-state index contributed by atoms with van der Waals surface area (Å²) in [6.07, 6.45) is 0. The monoisotopic (exact) mass is 444 g/mol. The molecule has 118 valence electrons. The Labute approximate surface area is 139 Å². The van der Waals surface area contributed by atoms with Crippen molar-refractivity contribution in [3.63, 3.8) is 0 Å². The average molecular weight is 446 g/mol. The molecule has 0 aliphatic carbocycles. The fourth-order valence-electron chi connectivity index (χ4n) is 1.32. The van der Waals surface area contributed by atoms with E-state index in [-0.39, 0.29) is 17.4 Å². The molecule has 10 heteroatoms. The number of halogens is 2. The molecule has 0 unspecified atom stereocenters. The van der Waals surface area contributed by atoms with Gasteiger partial charge in [-0.3, -0.25) is 4.79 Å². The molecule has 0 saturated heterocycles. The number of amides is 1. The first-order valence-corrected chi connectivity index (χ1v) is 8.79. The highest BCUT2D eigenvalue weighted by atomic mass is 79.9. The van der Waals surface area contributed by atoms with Gasteiger partial charge in [0.2, 0.25) is 10.0 Å². The number of nitrogens with two attached hydrogens (primary N) is 1. The average Bonchev–Trinajstić information content (AvgIpc) is 2.36. The minimum atomic E-state index is -3.82. The maximum atomic E-state index is 11.5. The van der Waals surface area contributed by atoms with Crippen LogP contribution in [-0.4, -0.2) is 41.2 Å². The molecule has 0 saturated carbocycles. The molecule has 0 aliphatic rings. The number of benzene rings is 1. The standard InChI is InChI=1S/C11H14Br2N2O5S/c1-19-3-2-15-10(16)6-20-11-8(12)4-7(5-9(11)13)21(14,17)18/h4-5H,2-3,6H2,1H3,(H,15,16)(H2,14,17,18). The van der Waals surface area contributed by atoms with E-state index in [9.17, 15) is 13.2 Å². The van der Waals surface area contributed by atoms with Crippen molar-refractivity contribution >= 4 is 47.8 Å². The van der Waals surface area contributed by atoms with Crippen molar-refractivity contribution in [1.82, 2.24) is 5.32 Å². The summed E-state index contributed by atoms with van der Waals surface area (Å²) < 4.78 is 33.4. The summed E-state index contributed by atoms with van der Waals surface area (Å²) in [5.74, 6) is -0.00864. The number of hydrogen-bond acceptors (Lipinski definition) is 5. The van der Waals surface area contributed by atoms with E-state index < -0.39 is 10.0 Å². The molecule has 0 heterocycles. The number of rotatable bonds is 7. The highest BCUT2D eigenvalue weighted by Gasteiger charge is 2.16. The summed E-state index contributed by atoms with van der Waals surface area (Å²) in [6, 6.07) is 2.61.